The molecule has 3 rings (SSSR count). The molecule has 0 aliphatic carbocycles. The fourth-order valence-electron chi connectivity index (χ4n) is 2.77. The van der Waals surface area contributed by atoms with Crippen LogP contribution in [0.2, 0.25) is 0 Å². The van der Waals surface area contributed by atoms with Crippen molar-refractivity contribution in [3.63, 3.8) is 0 Å². The summed E-state index contributed by atoms with van der Waals surface area (Å²) in [4.78, 5) is 3.28. The van der Waals surface area contributed by atoms with E-state index < -0.39 is 10.0 Å². The van der Waals surface area contributed by atoms with Gasteiger partial charge >= 0.3 is 0 Å². The Morgan fingerprint density at radius 3 is 2.81 bits per heavy atom. The van der Waals surface area contributed by atoms with Crippen LogP contribution in [0.25, 0.3) is 0 Å². The minimum absolute atomic E-state index is 0.145. The van der Waals surface area contributed by atoms with Crippen LogP contribution in [0, 0.1) is 0 Å². The van der Waals surface area contributed by atoms with E-state index in [1.54, 1.807) is 22.5 Å². The van der Waals surface area contributed by atoms with Gasteiger partial charge in [-0.1, -0.05) is 15.9 Å². The topological polar surface area (TPSA) is 79.2 Å². The summed E-state index contributed by atoms with van der Waals surface area (Å²) in [6.45, 7) is 0.515. The van der Waals surface area contributed by atoms with Crippen molar-refractivity contribution in [3.05, 3.63) is 46.7 Å². The molecule has 1 atom stereocenters. The summed E-state index contributed by atoms with van der Waals surface area (Å²) in [5.74, 6) is 0. The second kappa shape index (κ2) is 5.47. The van der Waals surface area contributed by atoms with Crippen molar-refractivity contribution in [3.8, 4) is 0 Å². The molecular formula is C14H16BrN3O2S. The van der Waals surface area contributed by atoms with Crippen LogP contribution in [0.5, 0.6) is 0 Å². The van der Waals surface area contributed by atoms with Gasteiger partial charge in [0.1, 0.15) is 4.90 Å². The zero-order valence-electron chi connectivity index (χ0n) is 11.3. The van der Waals surface area contributed by atoms with Crippen LogP contribution in [-0.2, 0) is 10.0 Å². The number of benzene rings is 1. The van der Waals surface area contributed by atoms with Crippen molar-refractivity contribution in [2.24, 2.45) is 0 Å². The molecule has 2 heterocycles. The van der Waals surface area contributed by atoms with Gasteiger partial charge in [-0.2, -0.15) is 4.31 Å². The van der Waals surface area contributed by atoms with Gasteiger partial charge in [0.05, 0.1) is 11.7 Å². The van der Waals surface area contributed by atoms with Crippen LogP contribution < -0.4 is 5.73 Å². The van der Waals surface area contributed by atoms with Gasteiger partial charge in [0.2, 0.25) is 10.0 Å². The molecule has 21 heavy (non-hydrogen) atoms. The number of hydrogen-bond acceptors (Lipinski definition) is 3. The van der Waals surface area contributed by atoms with Crippen molar-refractivity contribution in [2.75, 3.05) is 12.3 Å². The van der Waals surface area contributed by atoms with E-state index >= 15 is 0 Å². The summed E-state index contributed by atoms with van der Waals surface area (Å²) in [5.41, 5.74) is 7.08. The number of aromatic amines is 1. The summed E-state index contributed by atoms with van der Waals surface area (Å²) in [5, 5.41) is 0. The predicted octanol–water partition coefficient (Wildman–Crippen LogP) is 2.89. The Bertz CT molecular complexity index is 744. The van der Waals surface area contributed by atoms with Crippen LogP contribution >= 0.6 is 15.9 Å². The van der Waals surface area contributed by atoms with Crippen molar-refractivity contribution in [1.82, 2.24) is 9.29 Å². The first kappa shape index (κ1) is 14.6. The van der Waals surface area contributed by atoms with Gasteiger partial charge in [0.15, 0.2) is 0 Å². The van der Waals surface area contributed by atoms with E-state index in [2.05, 4.69) is 20.9 Å². The highest BCUT2D eigenvalue weighted by molar-refractivity contribution is 9.10. The number of nitrogens with one attached hydrogen (secondary N) is 1. The van der Waals surface area contributed by atoms with E-state index in [0.29, 0.717) is 6.54 Å². The SMILES string of the molecule is Nc1cc(Br)ccc1S(=O)(=O)N1CCCC1c1ccc[nH]1. The molecule has 2 aromatic rings. The molecule has 0 radical (unpaired) electrons. The Morgan fingerprint density at radius 1 is 1.33 bits per heavy atom. The van der Waals surface area contributed by atoms with Crippen LogP contribution in [0.15, 0.2) is 45.9 Å². The third-order valence-electron chi connectivity index (χ3n) is 3.74. The lowest BCUT2D eigenvalue weighted by Crippen LogP contribution is -2.31. The lowest BCUT2D eigenvalue weighted by Gasteiger charge is -2.24. The number of H-pyrrole nitrogens is 1. The van der Waals surface area contributed by atoms with Crippen LogP contribution in [0.4, 0.5) is 5.69 Å². The summed E-state index contributed by atoms with van der Waals surface area (Å²) in [6, 6.07) is 8.53. The van der Waals surface area contributed by atoms with Gasteiger partial charge < -0.3 is 10.7 Å². The minimum atomic E-state index is -3.59. The normalized spacial score (nSPS) is 20.0. The van der Waals surface area contributed by atoms with E-state index in [4.69, 9.17) is 5.73 Å². The highest BCUT2D eigenvalue weighted by atomic mass is 79.9. The Labute approximate surface area is 132 Å². The van der Waals surface area contributed by atoms with Crippen LogP contribution in [0.3, 0.4) is 0 Å². The monoisotopic (exact) mass is 369 g/mol. The van der Waals surface area contributed by atoms with Gasteiger partial charge in [0, 0.05) is 22.9 Å². The molecule has 0 bridgehead atoms. The molecule has 0 spiro atoms. The number of halogens is 1. The summed E-state index contributed by atoms with van der Waals surface area (Å²) in [7, 11) is -3.59. The number of aromatic nitrogens is 1. The lowest BCUT2D eigenvalue weighted by molar-refractivity contribution is 0.391. The molecule has 0 saturated carbocycles. The average molecular weight is 370 g/mol. The van der Waals surface area contributed by atoms with Crippen LogP contribution in [0.1, 0.15) is 24.6 Å². The molecule has 5 nitrogen and oxygen atoms in total. The van der Waals surface area contributed by atoms with Gasteiger partial charge in [-0.25, -0.2) is 8.42 Å². The number of nitrogen functional groups attached to an aromatic ring is 1. The van der Waals surface area contributed by atoms with Crippen molar-refractivity contribution < 1.29 is 8.42 Å². The van der Waals surface area contributed by atoms with E-state index in [9.17, 15) is 8.42 Å². The number of sulfonamides is 1. The largest absolute Gasteiger partial charge is 0.398 e. The first-order valence-corrected chi connectivity index (χ1v) is 8.93. The highest BCUT2D eigenvalue weighted by Crippen LogP contribution is 2.37. The fraction of sp³-hybridized carbons (Fsp3) is 0.286. The summed E-state index contributed by atoms with van der Waals surface area (Å²) < 4.78 is 28.1. The molecule has 1 saturated heterocycles. The maximum atomic E-state index is 12.9. The highest BCUT2D eigenvalue weighted by Gasteiger charge is 2.37. The van der Waals surface area contributed by atoms with Gasteiger partial charge in [-0.3, -0.25) is 0 Å². The van der Waals surface area contributed by atoms with Gasteiger partial charge in [-0.05, 0) is 43.2 Å². The van der Waals surface area contributed by atoms with E-state index in [1.807, 2.05) is 18.3 Å². The second-order valence-electron chi connectivity index (χ2n) is 5.08. The third kappa shape index (κ3) is 2.61. The number of rotatable bonds is 3. The molecular weight excluding hydrogens is 354 g/mol. The second-order valence-corrected chi connectivity index (χ2v) is 7.86. The average Bonchev–Trinajstić information content (AvgIpc) is 3.09. The first-order valence-electron chi connectivity index (χ1n) is 6.70. The van der Waals surface area contributed by atoms with Crippen molar-refractivity contribution in [1.29, 1.82) is 0 Å². The predicted molar refractivity (Wildman–Crippen MR) is 85.2 cm³/mol. The quantitative estimate of drug-likeness (QED) is 0.816. The van der Waals surface area contributed by atoms with Gasteiger partial charge in [0.25, 0.3) is 0 Å². The molecule has 1 fully saturated rings. The molecule has 3 N–H and O–H groups in total. The minimum Gasteiger partial charge on any atom is -0.398 e. The van der Waals surface area contributed by atoms with E-state index in [0.717, 1.165) is 23.0 Å². The molecule has 1 aliphatic heterocycles. The number of anilines is 1. The number of hydrogen-bond donors (Lipinski definition) is 2. The Hall–Kier alpha value is -1.31. The Kier molecular flexibility index (Phi) is 3.81. The molecule has 1 unspecified atom stereocenters. The maximum absolute atomic E-state index is 12.9. The van der Waals surface area contributed by atoms with E-state index in [-0.39, 0.29) is 16.6 Å². The van der Waals surface area contributed by atoms with Crippen molar-refractivity contribution in [2.45, 2.75) is 23.8 Å². The standard InChI is InChI=1S/C14H16BrN3O2S/c15-10-5-6-14(11(16)9-10)21(19,20)18-8-2-4-13(18)12-3-1-7-17-12/h1,3,5-7,9,13,17H,2,4,8,16H2. The first-order chi connectivity index (χ1) is 10.00. The summed E-state index contributed by atoms with van der Waals surface area (Å²) in [6.07, 6.45) is 3.47. The Balaban J connectivity index is 2.01. The smallest absolute Gasteiger partial charge is 0.245 e. The molecule has 0 amide bonds. The zero-order chi connectivity index (χ0) is 15.0. The molecule has 7 heteroatoms. The zero-order valence-corrected chi connectivity index (χ0v) is 13.7. The maximum Gasteiger partial charge on any atom is 0.245 e. The third-order valence-corrected chi connectivity index (χ3v) is 6.22. The van der Waals surface area contributed by atoms with Gasteiger partial charge in [-0.15, -0.1) is 0 Å². The van der Waals surface area contributed by atoms with E-state index in [1.165, 1.54) is 0 Å². The molecule has 1 aromatic heterocycles. The number of nitrogens with zero attached hydrogens (tertiary/aromatic N) is 1. The Morgan fingerprint density at radius 2 is 2.14 bits per heavy atom. The molecule has 112 valence electrons. The number of nitrogens with two attached hydrogens (primary N) is 1. The fourth-order valence-corrected chi connectivity index (χ4v) is 4.92. The molecule has 1 aliphatic rings. The lowest BCUT2D eigenvalue weighted by atomic mass is 10.2. The molecule has 1 aromatic carbocycles. The van der Waals surface area contributed by atoms with Crippen LogP contribution in [-0.4, -0.2) is 24.3 Å². The van der Waals surface area contributed by atoms with Crippen molar-refractivity contribution >= 4 is 31.6 Å². The summed E-state index contributed by atoms with van der Waals surface area (Å²) >= 11 is 3.30.